The van der Waals surface area contributed by atoms with E-state index in [0.717, 1.165) is 18.7 Å². The quantitative estimate of drug-likeness (QED) is 0.429. The Bertz CT molecular complexity index is 1050. The largest absolute Gasteiger partial charge is 0.491 e. The van der Waals surface area contributed by atoms with Crippen LogP contribution in [0.2, 0.25) is 0 Å². The number of carbonyl (C=O) groups is 2. The number of anilines is 3. The molecule has 0 saturated carbocycles. The third-order valence-corrected chi connectivity index (χ3v) is 5.43. The zero-order chi connectivity index (χ0) is 23.4. The SMILES string of the molecule is C=CCNC(=O)c1ccc2c(n1)N(C(=O)Nc1cc(OCC(O)CO)ccn1)[C@H]1CCN2C1. The number of urea groups is 1. The van der Waals surface area contributed by atoms with Crippen molar-refractivity contribution in [1.29, 1.82) is 0 Å². The normalized spacial score (nSPS) is 17.2. The summed E-state index contributed by atoms with van der Waals surface area (Å²) in [7, 11) is 0. The highest BCUT2D eigenvalue weighted by Crippen LogP contribution is 2.39. The number of amides is 3. The van der Waals surface area contributed by atoms with Crippen LogP contribution < -0.4 is 25.2 Å². The number of nitrogens with zero attached hydrogens (tertiary/aromatic N) is 4. The van der Waals surface area contributed by atoms with Crippen LogP contribution in [-0.4, -0.2) is 77.1 Å². The molecule has 0 aromatic carbocycles. The van der Waals surface area contributed by atoms with E-state index < -0.39 is 18.7 Å². The summed E-state index contributed by atoms with van der Waals surface area (Å²) in [6.07, 6.45) is 2.82. The minimum absolute atomic E-state index is 0.0874. The Balaban J connectivity index is 1.55. The van der Waals surface area contributed by atoms with E-state index >= 15 is 0 Å². The van der Waals surface area contributed by atoms with Crippen molar-refractivity contribution in [2.75, 3.05) is 48.0 Å². The van der Waals surface area contributed by atoms with E-state index in [1.165, 1.54) is 12.3 Å². The van der Waals surface area contributed by atoms with E-state index in [-0.39, 0.29) is 30.1 Å². The van der Waals surface area contributed by atoms with Crippen molar-refractivity contribution < 1.29 is 24.5 Å². The van der Waals surface area contributed by atoms with Gasteiger partial charge in [0.05, 0.1) is 18.3 Å². The van der Waals surface area contributed by atoms with Crippen molar-refractivity contribution >= 4 is 29.3 Å². The van der Waals surface area contributed by atoms with E-state index in [2.05, 4.69) is 32.1 Å². The second kappa shape index (κ2) is 9.84. The molecule has 174 valence electrons. The highest BCUT2D eigenvalue weighted by molar-refractivity contribution is 6.05. The molecule has 2 aromatic rings. The molecule has 2 bridgehead atoms. The minimum Gasteiger partial charge on any atom is -0.491 e. The molecule has 11 nitrogen and oxygen atoms in total. The fourth-order valence-electron chi connectivity index (χ4n) is 3.84. The lowest BCUT2D eigenvalue weighted by atomic mass is 10.1. The Hall–Kier alpha value is -3.70. The lowest BCUT2D eigenvalue weighted by Crippen LogP contribution is -2.48. The van der Waals surface area contributed by atoms with Crippen molar-refractivity contribution in [3.8, 4) is 5.75 Å². The molecule has 2 aliphatic heterocycles. The van der Waals surface area contributed by atoms with Crippen LogP contribution in [0.5, 0.6) is 5.75 Å². The van der Waals surface area contributed by atoms with Gasteiger partial charge in [0, 0.05) is 31.9 Å². The first kappa shape index (κ1) is 22.5. The molecule has 1 unspecified atom stereocenters. The second-order valence-corrected chi connectivity index (χ2v) is 7.75. The Labute approximate surface area is 190 Å². The van der Waals surface area contributed by atoms with Crippen molar-refractivity contribution in [2.24, 2.45) is 0 Å². The van der Waals surface area contributed by atoms with E-state index in [9.17, 15) is 14.7 Å². The lowest BCUT2D eigenvalue weighted by Gasteiger charge is -2.35. The molecule has 11 heteroatoms. The van der Waals surface area contributed by atoms with Gasteiger partial charge in [-0.05, 0) is 24.6 Å². The van der Waals surface area contributed by atoms with Gasteiger partial charge in [-0.2, -0.15) is 0 Å². The van der Waals surface area contributed by atoms with Crippen molar-refractivity contribution in [1.82, 2.24) is 15.3 Å². The number of aliphatic hydroxyl groups excluding tert-OH is 2. The van der Waals surface area contributed by atoms with E-state index in [4.69, 9.17) is 9.84 Å². The maximum absolute atomic E-state index is 13.3. The van der Waals surface area contributed by atoms with Gasteiger partial charge in [-0.1, -0.05) is 6.08 Å². The molecule has 0 spiro atoms. The molecule has 4 rings (SSSR count). The molecule has 2 aliphatic rings. The number of pyridine rings is 2. The molecule has 4 heterocycles. The van der Waals surface area contributed by atoms with E-state index in [0.29, 0.717) is 24.7 Å². The maximum atomic E-state index is 13.3. The van der Waals surface area contributed by atoms with Crippen molar-refractivity contribution in [2.45, 2.75) is 18.6 Å². The van der Waals surface area contributed by atoms with Crippen LogP contribution in [0, 0.1) is 0 Å². The lowest BCUT2D eigenvalue weighted by molar-refractivity contribution is 0.0536. The van der Waals surface area contributed by atoms with Gasteiger partial charge in [-0.3, -0.25) is 15.0 Å². The monoisotopic (exact) mass is 454 g/mol. The zero-order valence-corrected chi connectivity index (χ0v) is 18.0. The number of rotatable bonds is 8. The Morgan fingerprint density at radius 3 is 3.00 bits per heavy atom. The minimum atomic E-state index is -1.00. The molecule has 2 atom stereocenters. The molecular formula is C22H26N6O5. The number of hydrogen-bond acceptors (Lipinski definition) is 8. The number of ether oxygens (including phenoxy) is 1. The molecule has 2 aromatic heterocycles. The first-order valence-electron chi connectivity index (χ1n) is 10.6. The topological polar surface area (TPSA) is 140 Å². The van der Waals surface area contributed by atoms with E-state index in [1.807, 2.05) is 6.07 Å². The molecule has 1 saturated heterocycles. The predicted octanol–water partition coefficient (Wildman–Crippen LogP) is 0.755. The summed E-state index contributed by atoms with van der Waals surface area (Å²) in [6.45, 7) is 4.87. The Morgan fingerprint density at radius 2 is 2.21 bits per heavy atom. The summed E-state index contributed by atoms with van der Waals surface area (Å²) in [5.74, 6) is 0.726. The maximum Gasteiger partial charge on any atom is 0.329 e. The highest BCUT2D eigenvalue weighted by Gasteiger charge is 2.40. The fraction of sp³-hybridized carbons (Fsp3) is 0.364. The second-order valence-electron chi connectivity index (χ2n) is 7.75. The molecule has 4 N–H and O–H groups in total. The van der Waals surface area contributed by atoms with Gasteiger partial charge in [0.15, 0.2) is 5.82 Å². The van der Waals surface area contributed by atoms with Crippen molar-refractivity contribution in [3.63, 3.8) is 0 Å². The number of fused-ring (bicyclic) bond motifs is 4. The first-order valence-corrected chi connectivity index (χ1v) is 10.6. The summed E-state index contributed by atoms with van der Waals surface area (Å²) >= 11 is 0. The average Bonchev–Trinajstić information content (AvgIpc) is 3.25. The van der Waals surface area contributed by atoms with Gasteiger partial charge in [-0.15, -0.1) is 6.58 Å². The van der Waals surface area contributed by atoms with Crippen LogP contribution >= 0.6 is 0 Å². The summed E-state index contributed by atoms with van der Waals surface area (Å²) < 4.78 is 5.42. The number of aliphatic hydroxyl groups is 2. The number of aromatic nitrogens is 2. The van der Waals surface area contributed by atoms with Crippen LogP contribution in [0.3, 0.4) is 0 Å². The van der Waals surface area contributed by atoms with Crippen LogP contribution in [0.25, 0.3) is 0 Å². The predicted molar refractivity (Wildman–Crippen MR) is 122 cm³/mol. The average molecular weight is 454 g/mol. The Kier molecular flexibility index (Phi) is 6.71. The zero-order valence-electron chi connectivity index (χ0n) is 18.0. The van der Waals surface area contributed by atoms with Gasteiger partial charge in [0.2, 0.25) is 0 Å². The summed E-state index contributed by atoms with van der Waals surface area (Å²) in [5, 5.41) is 23.8. The van der Waals surface area contributed by atoms with Gasteiger partial charge in [0.1, 0.15) is 30.0 Å². The van der Waals surface area contributed by atoms with Crippen LogP contribution in [0.4, 0.5) is 22.1 Å². The molecular weight excluding hydrogens is 428 g/mol. The number of carbonyl (C=O) groups excluding carboxylic acids is 2. The molecule has 0 aliphatic carbocycles. The van der Waals surface area contributed by atoms with Crippen molar-refractivity contribution in [3.05, 3.63) is 48.8 Å². The van der Waals surface area contributed by atoms with Gasteiger partial charge in [0.25, 0.3) is 5.91 Å². The van der Waals surface area contributed by atoms with Crippen LogP contribution in [-0.2, 0) is 0 Å². The number of hydrogen-bond donors (Lipinski definition) is 4. The highest BCUT2D eigenvalue weighted by atomic mass is 16.5. The summed E-state index contributed by atoms with van der Waals surface area (Å²) in [4.78, 5) is 38.1. The summed E-state index contributed by atoms with van der Waals surface area (Å²) in [6, 6.07) is 6.07. The third kappa shape index (κ3) is 4.89. The first-order chi connectivity index (χ1) is 16.0. The van der Waals surface area contributed by atoms with Gasteiger partial charge < -0.3 is 25.2 Å². The molecule has 3 amide bonds. The van der Waals surface area contributed by atoms with Crippen LogP contribution in [0.15, 0.2) is 43.1 Å². The van der Waals surface area contributed by atoms with E-state index in [1.54, 1.807) is 23.1 Å². The fourth-order valence-corrected chi connectivity index (χ4v) is 3.84. The van der Waals surface area contributed by atoms with Gasteiger partial charge >= 0.3 is 6.03 Å². The molecule has 1 fully saturated rings. The molecule has 0 radical (unpaired) electrons. The number of nitrogens with one attached hydrogen (secondary N) is 2. The standard InChI is InChI=1S/C22H26N6O5/c1-2-7-24-21(31)17-3-4-18-20(25-17)28(14-6-9-27(18)11-14)22(32)26-19-10-16(5-8-23-19)33-13-15(30)12-29/h2-5,8,10,14-15,29-30H,1,6-7,9,11-13H2,(H,24,31)(H,23,26,32)/t14-,15?/m0/s1. The van der Waals surface area contributed by atoms with Crippen LogP contribution in [0.1, 0.15) is 16.9 Å². The Morgan fingerprint density at radius 1 is 1.36 bits per heavy atom. The molecule has 33 heavy (non-hydrogen) atoms. The smallest absolute Gasteiger partial charge is 0.329 e. The summed E-state index contributed by atoms with van der Waals surface area (Å²) in [5.41, 5.74) is 1.01. The third-order valence-electron chi connectivity index (χ3n) is 5.43. The van der Waals surface area contributed by atoms with Gasteiger partial charge in [-0.25, -0.2) is 14.8 Å².